The van der Waals surface area contributed by atoms with Crippen molar-refractivity contribution in [1.82, 2.24) is 24.8 Å². The Kier molecular flexibility index (Phi) is 4.69. The number of nitrogens with zero attached hydrogens (tertiary/aromatic N) is 5. The highest BCUT2D eigenvalue weighted by atomic mass is 16.5. The summed E-state index contributed by atoms with van der Waals surface area (Å²) in [6, 6.07) is 1.86. The van der Waals surface area contributed by atoms with Crippen molar-refractivity contribution in [2.24, 2.45) is 13.0 Å². The van der Waals surface area contributed by atoms with Crippen LogP contribution < -0.4 is 0 Å². The Labute approximate surface area is 170 Å². The van der Waals surface area contributed by atoms with Gasteiger partial charge in [0, 0.05) is 39.1 Å². The fourth-order valence-corrected chi connectivity index (χ4v) is 4.85. The molecule has 8 heteroatoms. The first-order chi connectivity index (χ1) is 14.0. The molecule has 2 saturated heterocycles. The third-order valence-electron chi connectivity index (χ3n) is 6.67. The van der Waals surface area contributed by atoms with E-state index in [4.69, 9.17) is 9.26 Å². The molecule has 8 nitrogen and oxygen atoms in total. The van der Waals surface area contributed by atoms with Gasteiger partial charge in [-0.2, -0.15) is 10.1 Å². The predicted octanol–water partition coefficient (Wildman–Crippen LogP) is 2.63. The van der Waals surface area contributed by atoms with E-state index in [0.717, 1.165) is 69.2 Å². The van der Waals surface area contributed by atoms with E-state index in [1.54, 1.807) is 4.68 Å². The second-order valence-corrected chi connectivity index (χ2v) is 9.00. The van der Waals surface area contributed by atoms with Gasteiger partial charge >= 0.3 is 0 Å². The van der Waals surface area contributed by atoms with Gasteiger partial charge in [0.25, 0.3) is 5.91 Å². The summed E-state index contributed by atoms with van der Waals surface area (Å²) in [5.74, 6) is 2.75. The molecule has 29 heavy (non-hydrogen) atoms. The maximum absolute atomic E-state index is 12.9. The summed E-state index contributed by atoms with van der Waals surface area (Å²) in [6.07, 6.45) is 7.00. The first-order valence-electron chi connectivity index (χ1n) is 10.8. The molecule has 3 aliphatic rings. The monoisotopic (exact) mass is 399 g/mol. The lowest BCUT2D eigenvalue weighted by atomic mass is 9.78. The van der Waals surface area contributed by atoms with Crippen molar-refractivity contribution in [3.05, 3.63) is 29.2 Å². The number of aromatic nitrogens is 4. The topological polar surface area (TPSA) is 86.3 Å². The number of rotatable bonds is 4. The number of aryl methyl sites for hydroxylation is 2. The van der Waals surface area contributed by atoms with Crippen molar-refractivity contribution < 1.29 is 14.1 Å². The molecule has 1 saturated carbocycles. The van der Waals surface area contributed by atoms with Crippen molar-refractivity contribution in [3.8, 4) is 0 Å². The van der Waals surface area contributed by atoms with E-state index in [1.807, 2.05) is 24.9 Å². The third kappa shape index (κ3) is 3.82. The summed E-state index contributed by atoms with van der Waals surface area (Å²) in [6.45, 7) is 4.13. The van der Waals surface area contributed by atoms with Crippen molar-refractivity contribution >= 4 is 5.91 Å². The molecule has 1 aliphatic carbocycles. The molecular weight excluding hydrogens is 370 g/mol. The summed E-state index contributed by atoms with van der Waals surface area (Å²) in [5, 5.41) is 8.45. The van der Waals surface area contributed by atoms with Crippen molar-refractivity contribution in [2.45, 2.75) is 63.4 Å². The molecule has 2 aliphatic heterocycles. The number of carbonyl (C=O) groups is 1. The first kappa shape index (κ1) is 18.8. The molecule has 1 unspecified atom stereocenters. The maximum Gasteiger partial charge on any atom is 0.272 e. The molecule has 1 spiro atoms. The highest BCUT2D eigenvalue weighted by Crippen LogP contribution is 2.40. The number of likely N-dealkylation sites (tertiary alicyclic amines) is 1. The Balaban J connectivity index is 1.19. The number of hydrogen-bond acceptors (Lipinski definition) is 6. The Bertz CT molecular complexity index is 892. The molecule has 3 fully saturated rings. The van der Waals surface area contributed by atoms with Gasteiger partial charge in [-0.15, -0.1) is 0 Å². The van der Waals surface area contributed by atoms with Gasteiger partial charge in [0.2, 0.25) is 5.89 Å². The van der Waals surface area contributed by atoms with Crippen LogP contribution in [0.3, 0.4) is 0 Å². The first-order valence-corrected chi connectivity index (χ1v) is 10.8. The second-order valence-electron chi connectivity index (χ2n) is 9.00. The molecule has 2 aromatic heterocycles. The van der Waals surface area contributed by atoms with Crippen LogP contribution in [0, 0.1) is 12.8 Å². The number of ether oxygens (including phenoxy) is 1. The zero-order valence-corrected chi connectivity index (χ0v) is 17.3. The predicted molar refractivity (Wildman–Crippen MR) is 104 cm³/mol. The smallest absolute Gasteiger partial charge is 0.272 e. The van der Waals surface area contributed by atoms with Crippen LogP contribution in [0.4, 0.5) is 0 Å². The van der Waals surface area contributed by atoms with Crippen LogP contribution in [0.5, 0.6) is 0 Å². The van der Waals surface area contributed by atoms with Gasteiger partial charge < -0.3 is 14.2 Å². The van der Waals surface area contributed by atoms with E-state index in [2.05, 4.69) is 15.2 Å². The Morgan fingerprint density at radius 3 is 2.76 bits per heavy atom. The summed E-state index contributed by atoms with van der Waals surface area (Å²) < 4.78 is 13.4. The third-order valence-corrected chi connectivity index (χ3v) is 6.67. The summed E-state index contributed by atoms with van der Waals surface area (Å²) in [4.78, 5) is 19.4. The Morgan fingerprint density at radius 2 is 2.07 bits per heavy atom. The average Bonchev–Trinajstić information content (AvgIpc) is 3.36. The van der Waals surface area contributed by atoms with Crippen LogP contribution in [-0.4, -0.2) is 56.0 Å². The Hall–Kier alpha value is -2.22. The number of piperidine rings is 1. The number of amides is 1. The van der Waals surface area contributed by atoms with Gasteiger partial charge in [0.05, 0.1) is 11.3 Å². The molecule has 0 aromatic carbocycles. The normalized spacial score (nSPS) is 24.2. The molecular formula is C21H29N5O3. The molecule has 1 amide bonds. The number of carbonyl (C=O) groups excluding carboxylic acids is 1. The lowest BCUT2D eigenvalue weighted by Crippen LogP contribution is -2.51. The van der Waals surface area contributed by atoms with Crippen LogP contribution in [-0.2, 0) is 18.2 Å². The highest BCUT2D eigenvalue weighted by Gasteiger charge is 2.42. The minimum Gasteiger partial charge on any atom is -0.375 e. The van der Waals surface area contributed by atoms with E-state index < -0.39 is 0 Å². The van der Waals surface area contributed by atoms with Crippen LogP contribution in [0.15, 0.2) is 10.6 Å². The van der Waals surface area contributed by atoms with Crippen LogP contribution in [0.25, 0.3) is 0 Å². The van der Waals surface area contributed by atoms with Gasteiger partial charge in [-0.1, -0.05) is 5.16 Å². The lowest BCUT2D eigenvalue weighted by molar-refractivity contribution is -0.124. The average molecular weight is 399 g/mol. The van der Waals surface area contributed by atoms with Crippen LogP contribution in [0.1, 0.15) is 72.3 Å². The zero-order valence-electron chi connectivity index (χ0n) is 17.3. The van der Waals surface area contributed by atoms with Gasteiger partial charge in [-0.3, -0.25) is 9.48 Å². The molecule has 5 rings (SSSR count). The fourth-order valence-electron chi connectivity index (χ4n) is 4.85. The minimum atomic E-state index is -0.124. The van der Waals surface area contributed by atoms with E-state index in [9.17, 15) is 4.79 Å². The van der Waals surface area contributed by atoms with Crippen molar-refractivity contribution in [1.29, 1.82) is 0 Å². The van der Waals surface area contributed by atoms with E-state index in [0.29, 0.717) is 17.5 Å². The second kappa shape index (κ2) is 7.23. The molecule has 0 bridgehead atoms. The largest absolute Gasteiger partial charge is 0.375 e. The molecule has 156 valence electrons. The maximum atomic E-state index is 12.9. The van der Waals surface area contributed by atoms with Gasteiger partial charge in [-0.05, 0) is 57.4 Å². The minimum absolute atomic E-state index is 0.0637. The van der Waals surface area contributed by atoms with Crippen molar-refractivity contribution in [3.63, 3.8) is 0 Å². The quantitative estimate of drug-likeness (QED) is 0.786. The van der Waals surface area contributed by atoms with Crippen LogP contribution in [0.2, 0.25) is 0 Å². The molecule has 0 N–H and O–H groups in total. The zero-order chi connectivity index (χ0) is 20.0. The van der Waals surface area contributed by atoms with Gasteiger partial charge in [0.1, 0.15) is 5.69 Å². The number of hydrogen-bond donors (Lipinski definition) is 0. The standard InChI is InChI=1S/C21H29N5O3/c1-14-11-17(25(2)23-14)20(27)26-8-6-21(7-9-26)13-15(5-10-28-21)12-18-22-19(24-29-18)16-3-4-16/h11,15-16H,3-10,12-13H2,1-2H3. The molecule has 1 atom stereocenters. The summed E-state index contributed by atoms with van der Waals surface area (Å²) in [7, 11) is 1.83. The van der Waals surface area contributed by atoms with Gasteiger partial charge in [0.15, 0.2) is 5.82 Å². The SMILES string of the molecule is Cc1cc(C(=O)N2CCC3(CC2)CC(Cc2nc(C4CC4)no2)CCO3)n(C)n1. The molecule has 0 radical (unpaired) electrons. The lowest BCUT2D eigenvalue weighted by Gasteiger charge is -2.46. The van der Waals surface area contributed by atoms with E-state index >= 15 is 0 Å². The van der Waals surface area contributed by atoms with E-state index in [1.165, 1.54) is 12.8 Å². The molecule has 2 aromatic rings. The fraction of sp³-hybridized carbons (Fsp3) is 0.714. The Morgan fingerprint density at radius 1 is 1.28 bits per heavy atom. The van der Waals surface area contributed by atoms with Crippen LogP contribution >= 0.6 is 0 Å². The summed E-state index contributed by atoms with van der Waals surface area (Å²) >= 11 is 0. The van der Waals surface area contributed by atoms with Gasteiger partial charge in [-0.25, -0.2) is 0 Å². The summed E-state index contributed by atoms with van der Waals surface area (Å²) in [5.41, 5.74) is 1.40. The highest BCUT2D eigenvalue weighted by molar-refractivity contribution is 5.92. The molecule has 4 heterocycles. The van der Waals surface area contributed by atoms with E-state index in [-0.39, 0.29) is 11.5 Å². The van der Waals surface area contributed by atoms with Crippen molar-refractivity contribution in [2.75, 3.05) is 19.7 Å².